The Kier molecular flexibility index (Phi) is 8.94. The van der Waals surface area contributed by atoms with Crippen LogP contribution in [-0.2, 0) is 27.5 Å². The summed E-state index contributed by atoms with van der Waals surface area (Å²) in [5.41, 5.74) is 17.3. The molecule has 1 saturated carbocycles. The third kappa shape index (κ3) is 4.90. The maximum atomic E-state index is 14.8. The topological polar surface area (TPSA) is 284 Å². The van der Waals surface area contributed by atoms with Crippen molar-refractivity contribution in [1.82, 2.24) is 10.2 Å². The van der Waals surface area contributed by atoms with Gasteiger partial charge < -0.3 is 53.4 Å². The zero-order valence-corrected chi connectivity index (χ0v) is 28.8. The highest BCUT2D eigenvalue weighted by molar-refractivity contribution is 6.26. The predicted octanol–water partition coefficient (Wildman–Crippen LogP) is 0.438. The Morgan fingerprint density at radius 1 is 1.04 bits per heavy atom. The van der Waals surface area contributed by atoms with Crippen molar-refractivity contribution in [2.45, 2.75) is 42.4 Å². The van der Waals surface area contributed by atoms with Crippen LogP contribution in [0.5, 0.6) is 11.5 Å². The fourth-order valence-electron chi connectivity index (χ4n) is 8.23. The van der Waals surface area contributed by atoms with E-state index in [-0.39, 0.29) is 22.5 Å². The number of halogens is 1. The number of likely N-dealkylation sites (N-methyl/N-ethyl adjacent to an activating group) is 1. The number of nitrogens with one attached hydrogen (secondary N) is 1. The van der Waals surface area contributed by atoms with Gasteiger partial charge in [-0.1, -0.05) is 24.3 Å². The van der Waals surface area contributed by atoms with Crippen molar-refractivity contribution in [3.63, 3.8) is 0 Å². The summed E-state index contributed by atoms with van der Waals surface area (Å²) in [6.45, 7) is 0.647. The molecule has 53 heavy (non-hydrogen) atoms. The second-order valence-electron chi connectivity index (χ2n) is 13.7. The van der Waals surface area contributed by atoms with E-state index in [1.807, 2.05) is 0 Å². The van der Waals surface area contributed by atoms with Gasteiger partial charge in [-0.25, -0.2) is 4.39 Å². The van der Waals surface area contributed by atoms with Gasteiger partial charge in [0, 0.05) is 18.7 Å². The molecule has 276 valence electrons. The zero-order valence-electron chi connectivity index (χ0n) is 28.8. The number of phenolic OH excluding ortho intramolecular Hbond substituents is 1. The molecule has 0 aliphatic heterocycles. The summed E-state index contributed by atoms with van der Waals surface area (Å²) >= 11 is 0. The molecular weight excluding hydrogens is 689 g/mol. The van der Waals surface area contributed by atoms with Gasteiger partial charge in [0.05, 0.1) is 41.9 Å². The van der Waals surface area contributed by atoms with Crippen LogP contribution in [0.3, 0.4) is 0 Å². The summed E-state index contributed by atoms with van der Waals surface area (Å²) in [7, 11) is 4.06. The van der Waals surface area contributed by atoms with Crippen LogP contribution < -0.4 is 33.0 Å². The van der Waals surface area contributed by atoms with Crippen LogP contribution in [-0.4, -0.2) is 87.2 Å². The molecule has 1 fully saturated rings. The number of nitrogens with zero attached hydrogens (tertiary/aromatic N) is 2. The van der Waals surface area contributed by atoms with E-state index in [0.717, 1.165) is 10.5 Å². The number of aliphatic hydroxyl groups is 3. The average Bonchev–Trinajstić information content (AvgIpc) is 3.09. The molecule has 3 aromatic rings. The molecule has 0 heterocycles. The minimum absolute atomic E-state index is 0.0574. The zero-order chi connectivity index (χ0) is 38.9. The summed E-state index contributed by atoms with van der Waals surface area (Å²) < 4.78 is 19.4. The Labute approximate surface area is 302 Å². The van der Waals surface area contributed by atoms with Crippen molar-refractivity contribution in [1.29, 1.82) is 5.26 Å². The molecular formula is C37H38FN7O8. The van der Waals surface area contributed by atoms with Gasteiger partial charge in [-0.15, -0.1) is 0 Å². The first-order chi connectivity index (χ1) is 24.9. The Morgan fingerprint density at radius 2 is 1.70 bits per heavy atom. The molecule has 0 radical (unpaired) electrons. The summed E-state index contributed by atoms with van der Waals surface area (Å²) in [6, 6.07) is 12.0. The first-order valence-electron chi connectivity index (χ1n) is 16.3. The minimum Gasteiger partial charge on any atom is -0.509 e. The lowest BCUT2D eigenvalue weighted by atomic mass is 9.45. The summed E-state index contributed by atoms with van der Waals surface area (Å²) in [4.78, 5) is 42.2. The number of benzene rings is 3. The fourth-order valence-corrected chi connectivity index (χ4v) is 8.23. The molecule has 13 N–H and O–H groups in total. The van der Waals surface area contributed by atoms with Crippen molar-refractivity contribution in [3.05, 3.63) is 99.6 Å². The molecule has 0 aromatic heterocycles. The fraction of sp³-hybridized carbons (Fsp3) is 0.297. The molecule has 6 atom stereocenters. The minimum atomic E-state index is -3.10. The largest absolute Gasteiger partial charge is 0.509 e. The number of hydrogen-bond donors (Lipinski definition) is 9. The summed E-state index contributed by atoms with van der Waals surface area (Å²) in [5, 5.41) is 60.9. The number of nitrogens with two attached hydrogens (primary N) is 4. The summed E-state index contributed by atoms with van der Waals surface area (Å²) in [6.07, 6.45) is -2.38. The van der Waals surface area contributed by atoms with Crippen LogP contribution in [0.1, 0.15) is 28.3 Å². The number of carbonyl (C=O) groups is 3. The monoisotopic (exact) mass is 727 g/mol. The van der Waals surface area contributed by atoms with Crippen molar-refractivity contribution in [2.75, 3.05) is 21.2 Å². The first-order valence-corrected chi connectivity index (χ1v) is 16.3. The molecule has 3 aromatic carbocycles. The number of fused-ring (bicyclic) bond motifs is 3. The maximum absolute atomic E-state index is 14.8. The number of ether oxygens (including phenoxy) is 1. The molecule has 0 bridgehead atoms. The molecule has 0 unspecified atom stereocenters. The number of primary amides is 1. The van der Waals surface area contributed by atoms with Crippen LogP contribution in [0, 0.1) is 22.6 Å². The smallest absolute Gasteiger partial charge is 0.255 e. The lowest BCUT2D eigenvalue weighted by Gasteiger charge is -2.62. The number of ketones is 2. The second-order valence-corrected chi connectivity index (χ2v) is 13.7. The van der Waals surface area contributed by atoms with Crippen LogP contribution in [0.25, 0.3) is 16.9 Å². The number of amides is 1. The van der Waals surface area contributed by atoms with E-state index < -0.39 is 80.6 Å². The predicted molar refractivity (Wildman–Crippen MR) is 188 cm³/mol. The Morgan fingerprint density at radius 3 is 2.28 bits per heavy atom. The van der Waals surface area contributed by atoms with Gasteiger partial charge in [0.15, 0.2) is 17.0 Å². The Hall–Kier alpha value is -5.67. The lowest BCUT2D eigenvalue weighted by Crippen LogP contribution is -2.87. The van der Waals surface area contributed by atoms with E-state index in [1.165, 1.54) is 45.5 Å². The van der Waals surface area contributed by atoms with Gasteiger partial charge in [0.1, 0.15) is 46.1 Å². The van der Waals surface area contributed by atoms with Crippen LogP contribution in [0.2, 0.25) is 0 Å². The van der Waals surface area contributed by atoms with Crippen molar-refractivity contribution < 1.29 is 43.9 Å². The normalized spacial score (nSPS) is 28.0. The Bertz CT molecular complexity index is 2220. The quantitative estimate of drug-likeness (QED) is 0.142. The third-order valence-corrected chi connectivity index (χ3v) is 10.6. The van der Waals surface area contributed by atoms with Crippen molar-refractivity contribution in [3.8, 4) is 28.7 Å². The number of hydrogen-bond acceptors (Lipinski definition) is 14. The number of Topliss-reactive ketones (excluding diaryl/α,β-unsaturated/α-hetero) is 2. The average molecular weight is 728 g/mol. The molecule has 3 aliphatic rings. The van der Waals surface area contributed by atoms with Crippen LogP contribution >= 0.6 is 0 Å². The third-order valence-electron chi connectivity index (χ3n) is 10.6. The number of aliphatic hydroxyl groups excluding tert-OH is 3. The summed E-state index contributed by atoms with van der Waals surface area (Å²) in [5.74, 6) is -7.19. The number of nitriles is 1. The molecule has 16 heteroatoms. The number of methoxy groups -OCH3 is 1. The molecule has 0 saturated heterocycles. The highest BCUT2D eigenvalue weighted by Gasteiger charge is 2.79. The van der Waals surface area contributed by atoms with Gasteiger partial charge in [-0.05, 0) is 66.7 Å². The van der Waals surface area contributed by atoms with E-state index in [4.69, 9.17) is 27.7 Å². The highest BCUT2D eigenvalue weighted by Crippen LogP contribution is 2.61. The van der Waals surface area contributed by atoms with Gasteiger partial charge >= 0.3 is 0 Å². The molecule has 15 nitrogen and oxygen atoms in total. The van der Waals surface area contributed by atoms with Gasteiger partial charge in [-0.2, -0.15) is 5.26 Å². The number of aromatic hydroxyl groups is 1. The molecule has 1 amide bonds. The molecule has 0 spiro atoms. The number of rotatable bonds is 8. The SMILES string of the molecule is COc1ccc(CNCc2cccc(F)c2)cc1-c1ccc(O)c2c1[C@H](N)[C@]1(N)C(=C2O)C(=O)[C@]2(C#N)C(O)=C(C(N)=O)C(=O)[C@@H](N(C)C)[C@]2(N)[C@H]1O. The maximum Gasteiger partial charge on any atom is 0.255 e. The van der Waals surface area contributed by atoms with Gasteiger partial charge in [0.2, 0.25) is 0 Å². The standard InChI is InChI=1S/C37H38FN7O8/c1-45(2)30-28(48)25(33(41)51)31(49)35(15-39)32(50)26-27(47)24-21(46)9-8-19(23(24)29(40)36(26,42)34(52)37(30,35)43)20-12-17(7-10-22(20)53-3)14-44-13-16-5-4-6-18(38)11-16/h4-12,29-30,34,44,46-47,49,52H,13-14,40,42-43H2,1-3H3,(H2,41,51)/t29-,30+,34-,35-,36+,37-/m0/s1. The van der Waals surface area contributed by atoms with E-state index >= 15 is 0 Å². The lowest BCUT2D eigenvalue weighted by molar-refractivity contribution is -0.153. The van der Waals surface area contributed by atoms with Crippen LogP contribution in [0.15, 0.2) is 71.5 Å². The Balaban J connectivity index is 1.57. The van der Waals surface area contributed by atoms with Crippen LogP contribution in [0.4, 0.5) is 4.39 Å². The molecule has 3 aliphatic carbocycles. The van der Waals surface area contributed by atoms with E-state index in [2.05, 4.69) is 5.32 Å². The van der Waals surface area contributed by atoms with Gasteiger partial charge in [0.25, 0.3) is 5.91 Å². The number of carbonyl (C=O) groups excluding carboxylic acids is 3. The van der Waals surface area contributed by atoms with E-state index in [1.54, 1.807) is 36.4 Å². The highest BCUT2D eigenvalue weighted by atomic mass is 19.1. The van der Waals surface area contributed by atoms with E-state index in [9.17, 15) is 44.5 Å². The van der Waals surface area contributed by atoms with Crippen molar-refractivity contribution in [2.24, 2.45) is 28.3 Å². The second kappa shape index (κ2) is 12.8. The van der Waals surface area contributed by atoms with Gasteiger partial charge in [-0.3, -0.25) is 19.3 Å². The first kappa shape index (κ1) is 37.1. The number of phenols is 1. The van der Waals surface area contributed by atoms with Crippen molar-refractivity contribution >= 4 is 23.2 Å². The molecule has 6 rings (SSSR count). The van der Waals surface area contributed by atoms with E-state index in [0.29, 0.717) is 30.0 Å².